The van der Waals surface area contributed by atoms with Crippen molar-refractivity contribution in [1.29, 1.82) is 0 Å². The second-order valence-electron chi connectivity index (χ2n) is 5.38. The van der Waals surface area contributed by atoms with E-state index in [1.807, 2.05) is 27.5 Å². The van der Waals surface area contributed by atoms with Crippen LogP contribution in [0.25, 0.3) is 0 Å². The van der Waals surface area contributed by atoms with Gasteiger partial charge in [-0.1, -0.05) is 13.3 Å². The first-order valence-corrected chi connectivity index (χ1v) is 8.84. The summed E-state index contributed by atoms with van der Waals surface area (Å²) < 4.78 is 25.4. The third kappa shape index (κ3) is 4.62. The molecular weight excluding hydrogens is 414 g/mol. The molecule has 1 aliphatic rings. The number of piperazine rings is 1. The number of rotatable bonds is 5. The summed E-state index contributed by atoms with van der Waals surface area (Å²) in [7, 11) is 1.57. The molecule has 1 aromatic carbocycles. The lowest BCUT2D eigenvalue weighted by atomic mass is 10.2. The van der Waals surface area contributed by atoms with Crippen LogP contribution in [0.15, 0.2) is 12.1 Å². The van der Waals surface area contributed by atoms with Gasteiger partial charge in [-0.3, -0.25) is 0 Å². The van der Waals surface area contributed by atoms with Gasteiger partial charge in [0.1, 0.15) is 11.6 Å². The molecule has 128 valence electrons. The molecule has 2 rings (SSSR count). The molecular formula is C16H22FIN2O3. The van der Waals surface area contributed by atoms with Gasteiger partial charge in [0.2, 0.25) is 0 Å². The standard InChI is InChI=1S/C16H22FIN2O3/c1-3-4-9-23-16(21)20-7-5-19(6-8-20)14-11-15(22-2)13(18)10-12(14)17/h10-11H,3-9H2,1-2H3. The van der Waals surface area contributed by atoms with Crippen LogP contribution < -0.4 is 9.64 Å². The van der Waals surface area contributed by atoms with Crippen LogP contribution >= 0.6 is 22.6 Å². The van der Waals surface area contributed by atoms with E-state index >= 15 is 0 Å². The molecule has 0 atom stereocenters. The van der Waals surface area contributed by atoms with E-state index in [1.54, 1.807) is 18.1 Å². The molecule has 0 aromatic heterocycles. The molecule has 0 saturated carbocycles. The quantitative estimate of drug-likeness (QED) is 0.524. The Morgan fingerprint density at radius 3 is 2.61 bits per heavy atom. The van der Waals surface area contributed by atoms with Crippen molar-refractivity contribution in [3.8, 4) is 5.75 Å². The number of halogens is 2. The zero-order valence-corrected chi connectivity index (χ0v) is 15.6. The predicted octanol–water partition coefficient (Wildman–Crippen LogP) is 3.50. The van der Waals surface area contributed by atoms with Crippen LogP contribution in [0.4, 0.5) is 14.9 Å². The highest BCUT2D eigenvalue weighted by Gasteiger charge is 2.24. The molecule has 1 saturated heterocycles. The van der Waals surface area contributed by atoms with E-state index in [0.717, 1.165) is 16.4 Å². The normalized spacial score (nSPS) is 14.8. The summed E-state index contributed by atoms with van der Waals surface area (Å²) in [6.45, 7) is 4.71. The molecule has 23 heavy (non-hydrogen) atoms. The number of ether oxygens (including phenoxy) is 2. The van der Waals surface area contributed by atoms with Gasteiger partial charge in [0.25, 0.3) is 0 Å². The van der Waals surface area contributed by atoms with E-state index in [1.165, 1.54) is 6.07 Å². The molecule has 1 aromatic rings. The number of benzene rings is 1. The molecule has 0 radical (unpaired) electrons. The van der Waals surface area contributed by atoms with E-state index in [9.17, 15) is 9.18 Å². The maximum Gasteiger partial charge on any atom is 0.409 e. The van der Waals surface area contributed by atoms with Crippen LogP contribution in [-0.4, -0.2) is 50.9 Å². The highest BCUT2D eigenvalue weighted by Crippen LogP contribution is 2.30. The van der Waals surface area contributed by atoms with Crippen molar-refractivity contribution in [2.24, 2.45) is 0 Å². The van der Waals surface area contributed by atoms with Crippen LogP contribution in [0.5, 0.6) is 5.75 Å². The van der Waals surface area contributed by atoms with Gasteiger partial charge in [0.15, 0.2) is 0 Å². The first-order valence-electron chi connectivity index (χ1n) is 7.76. The summed E-state index contributed by atoms with van der Waals surface area (Å²) in [4.78, 5) is 15.5. The lowest BCUT2D eigenvalue weighted by molar-refractivity contribution is 0.0989. The van der Waals surface area contributed by atoms with Gasteiger partial charge >= 0.3 is 6.09 Å². The lowest BCUT2D eigenvalue weighted by Gasteiger charge is -2.35. The van der Waals surface area contributed by atoms with Gasteiger partial charge < -0.3 is 19.3 Å². The zero-order valence-electron chi connectivity index (χ0n) is 13.5. The minimum Gasteiger partial charge on any atom is -0.496 e. The Labute approximate surface area is 149 Å². The number of anilines is 1. The Balaban J connectivity index is 1.95. The summed E-state index contributed by atoms with van der Waals surface area (Å²) in [6, 6.07) is 3.19. The monoisotopic (exact) mass is 436 g/mol. The average Bonchev–Trinajstić information content (AvgIpc) is 2.55. The maximum absolute atomic E-state index is 14.2. The molecule has 1 amide bonds. The molecule has 1 fully saturated rings. The Morgan fingerprint density at radius 1 is 1.30 bits per heavy atom. The first-order chi connectivity index (χ1) is 11.1. The van der Waals surface area contributed by atoms with E-state index in [-0.39, 0.29) is 11.9 Å². The van der Waals surface area contributed by atoms with E-state index < -0.39 is 0 Å². The smallest absolute Gasteiger partial charge is 0.409 e. The van der Waals surface area contributed by atoms with Crippen LogP contribution in [0.3, 0.4) is 0 Å². The average molecular weight is 436 g/mol. The van der Waals surface area contributed by atoms with Crippen LogP contribution in [-0.2, 0) is 4.74 Å². The fraction of sp³-hybridized carbons (Fsp3) is 0.562. The van der Waals surface area contributed by atoms with Crippen LogP contribution in [0, 0.1) is 9.39 Å². The highest BCUT2D eigenvalue weighted by molar-refractivity contribution is 14.1. The minimum absolute atomic E-state index is 0.269. The Bertz CT molecular complexity index is 548. The summed E-state index contributed by atoms with van der Waals surface area (Å²) in [5.41, 5.74) is 0.515. The molecule has 0 spiro atoms. The third-order valence-electron chi connectivity index (χ3n) is 3.82. The van der Waals surface area contributed by atoms with E-state index in [4.69, 9.17) is 9.47 Å². The van der Waals surface area contributed by atoms with Crippen LogP contribution in [0.1, 0.15) is 19.8 Å². The molecule has 1 heterocycles. The lowest BCUT2D eigenvalue weighted by Crippen LogP contribution is -2.49. The number of hydrogen-bond donors (Lipinski definition) is 0. The minimum atomic E-state index is -0.279. The Kier molecular flexibility index (Phi) is 6.73. The molecule has 0 bridgehead atoms. The van der Waals surface area contributed by atoms with Gasteiger partial charge in [-0.2, -0.15) is 0 Å². The topological polar surface area (TPSA) is 42.0 Å². The fourth-order valence-corrected chi connectivity index (χ4v) is 3.09. The van der Waals surface area contributed by atoms with Crippen molar-refractivity contribution in [3.63, 3.8) is 0 Å². The predicted molar refractivity (Wildman–Crippen MR) is 95.7 cm³/mol. The van der Waals surface area contributed by atoms with Gasteiger partial charge in [-0.25, -0.2) is 9.18 Å². The Morgan fingerprint density at radius 2 is 2.00 bits per heavy atom. The zero-order chi connectivity index (χ0) is 16.8. The van der Waals surface area contributed by atoms with Gasteiger partial charge in [-0.15, -0.1) is 0 Å². The summed E-state index contributed by atoms with van der Waals surface area (Å²) in [5, 5.41) is 0. The molecule has 7 heteroatoms. The third-order valence-corrected chi connectivity index (χ3v) is 4.67. The summed E-state index contributed by atoms with van der Waals surface area (Å²) in [6.07, 6.45) is 1.59. The van der Waals surface area contributed by atoms with Crippen molar-refractivity contribution in [2.75, 3.05) is 44.8 Å². The maximum atomic E-state index is 14.2. The number of carbonyl (C=O) groups is 1. The Hall–Kier alpha value is -1.25. The van der Waals surface area contributed by atoms with Crippen molar-refractivity contribution in [1.82, 2.24) is 4.90 Å². The SMILES string of the molecule is CCCCOC(=O)N1CCN(c2cc(OC)c(I)cc2F)CC1. The molecule has 0 N–H and O–H groups in total. The van der Waals surface area contributed by atoms with Crippen molar-refractivity contribution >= 4 is 34.4 Å². The van der Waals surface area contributed by atoms with E-state index in [0.29, 0.717) is 44.2 Å². The fourth-order valence-electron chi connectivity index (χ4n) is 2.44. The van der Waals surface area contributed by atoms with Crippen LogP contribution in [0.2, 0.25) is 0 Å². The van der Waals surface area contributed by atoms with Gasteiger partial charge in [0, 0.05) is 32.2 Å². The number of methoxy groups -OCH3 is 1. The molecule has 0 aliphatic carbocycles. The number of unbranched alkanes of at least 4 members (excludes halogenated alkanes) is 1. The van der Waals surface area contributed by atoms with Gasteiger partial charge in [0.05, 0.1) is 23.0 Å². The largest absolute Gasteiger partial charge is 0.496 e. The van der Waals surface area contributed by atoms with Crippen molar-refractivity contribution in [3.05, 3.63) is 21.5 Å². The summed E-state index contributed by atoms with van der Waals surface area (Å²) >= 11 is 2.05. The van der Waals surface area contributed by atoms with Gasteiger partial charge in [-0.05, 0) is 35.1 Å². The molecule has 1 aliphatic heterocycles. The molecule has 0 unspecified atom stereocenters. The molecule has 5 nitrogen and oxygen atoms in total. The second kappa shape index (κ2) is 8.56. The van der Waals surface area contributed by atoms with E-state index in [2.05, 4.69) is 6.92 Å². The number of amides is 1. The van der Waals surface area contributed by atoms with Crippen molar-refractivity contribution < 1.29 is 18.7 Å². The number of carbonyl (C=O) groups excluding carboxylic acids is 1. The summed E-state index contributed by atoms with van der Waals surface area (Å²) in [5.74, 6) is 0.387. The highest BCUT2D eigenvalue weighted by atomic mass is 127. The number of hydrogen-bond acceptors (Lipinski definition) is 4. The first kappa shape index (κ1) is 18.1. The van der Waals surface area contributed by atoms with Crippen molar-refractivity contribution in [2.45, 2.75) is 19.8 Å². The number of nitrogens with zero attached hydrogens (tertiary/aromatic N) is 2. The second-order valence-corrected chi connectivity index (χ2v) is 6.54.